The number of benzene rings is 2. The average molecular weight is 253 g/mol. The molecule has 0 heterocycles. The molecule has 2 rings (SSSR count). The highest BCUT2D eigenvalue weighted by Crippen LogP contribution is 2.10. The van der Waals surface area contributed by atoms with Gasteiger partial charge in [0.2, 0.25) is 5.91 Å². The molecule has 0 aliphatic carbocycles. The number of hydrogen-bond acceptors (Lipinski definition) is 2. The summed E-state index contributed by atoms with van der Waals surface area (Å²) in [5.74, 6) is 0.0405. The largest absolute Gasteiger partial charge is 0.508 e. The lowest BCUT2D eigenvalue weighted by atomic mass is 10.2. The van der Waals surface area contributed by atoms with Crippen LogP contribution in [0.3, 0.4) is 0 Å². The molecule has 0 aliphatic heterocycles. The molecule has 2 N–H and O–H groups in total. The van der Waals surface area contributed by atoms with Crippen LogP contribution in [0.15, 0.2) is 60.7 Å². The van der Waals surface area contributed by atoms with E-state index in [1.54, 1.807) is 24.3 Å². The minimum absolute atomic E-state index is 0.160. The van der Waals surface area contributed by atoms with Crippen LogP contribution in [0.4, 0.5) is 0 Å². The van der Waals surface area contributed by atoms with Crippen molar-refractivity contribution in [3.63, 3.8) is 0 Å². The number of carbonyl (C=O) groups is 1. The van der Waals surface area contributed by atoms with E-state index < -0.39 is 0 Å². The van der Waals surface area contributed by atoms with Gasteiger partial charge in [0, 0.05) is 12.6 Å². The molecule has 1 amide bonds. The van der Waals surface area contributed by atoms with Gasteiger partial charge in [0.25, 0.3) is 0 Å². The van der Waals surface area contributed by atoms with Crippen molar-refractivity contribution >= 4 is 12.0 Å². The fourth-order valence-corrected chi connectivity index (χ4v) is 1.65. The second kappa shape index (κ2) is 6.40. The van der Waals surface area contributed by atoms with Crippen molar-refractivity contribution in [3.05, 3.63) is 71.8 Å². The molecule has 2 aromatic carbocycles. The zero-order valence-corrected chi connectivity index (χ0v) is 10.4. The Morgan fingerprint density at radius 3 is 2.63 bits per heavy atom. The number of hydrogen-bond donors (Lipinski definition) is 2. The predicted octanol–water partition coefficient (Wildman–Crippen LogP) is 2.72. The van der Waals surface area contributed by atoms with Gasteiger partial charge in [-0.1, -0.05) is 42.5 Å². The number of aromatic hydroxyl groups is 1. The lowest BCUT2D eigenvalue weighted by Crippen LogP contribution is -2.20. The summed E-state index contributed by atoms with van der Waals surface area (Å²) >= 11 is 0. The Kier molecular flexibility index (Phi) is 4.34. The standard InChI is InChI=1S/C16H15NO2/c18-15-8-4-7-14(11-15)12-17-16(19)10-9-13-5-2-1-3-6-13/h1-11,18H,12H2,(H,17,19)/b10-9+. The summed E-state index contributed by atoms with van der Waals surface area (Å²) < 4.78 is 0. The van der Waals surface area contributed by atoms with E-state index in [1.807, 2.05) is 36.4 Å². The highest BCUT2D eigenvalue weighted by molar-refractivity contribution is 5.91. The minimum Gasteiger partial charge on any atom is -0.508 e. The van der Waals surface area contributed by atoms with Gasteiger partial charge in [-0.15, -0.1) is 0 Å². The van der Waals surface area contributed by atoms with E-state index in [9.17, 15) is 9.90 Å². The normalized spacial score (nSPS) is 10.5. The van der Waals surface area contributed by atoms with Gasteiger partial charge in [-0.2, -0.15) is 0 Å². The van der Waals surface area contributed by atoms with E-state index in [2.05, 4.69) is 5.32 Å². The smallest absolute Gasteiger partial charge is 0.244 e. The molecule has 0 aliphatic rings. The van der Waals surface area contributed by atoms with E-state index >= 15 is 0 Å². The van der Waals surface area contributed by atoms with Gasteiger partial charge in [-0.3, -0.25) is 4.79 Å². The quantitative estimate of drug-likeness (QED) is 0.823. The Labute approximate surface area is 112 Å². The van der Waals surface area contributed by atoms with Crippen LogP contribution in [-0.4, -0.2) is 11.0 Å². The summed E-state index contributed by atoms with van der Waals surface area (Å²) in [6.45, 7) is 0.395. The second-order valence-corrected chi connectivity index (χ2v) is 4.13. The van der Waals surface area contributed by atoms with Crippen molar-refractivity contribution in [2.24, 2.45) is 0 Å². The van der Waals surface area contributed by atoms with Crippen LogP contribution in [0.2, 0.25) is 0 Å². The van der Waals surface area contributed by atoms with Crippen LogP contribution in [-0.2, 0) is 11.3 Å². The van der Waals surface area contributed by atoms with Gasteiger partial charge >= 0.3 is 0 Å². The van der Waals surface area contributed by atoms with Crippen molar-refractivity contribution in [1.29, 1.82) is 0 Å². The molecule has 0 saturated carbocycles. The maximum atomic E-state index is 11.6. The Bertz CT molecular complexity index is 576. The van der Waals surface area contributed by atoms with E-state index in [0.29, 0.717) is 6.54 Å². The molecule has 3 nitrogen and oxygen atoms in total. The van der Waals surface area contributed by atoms with Crippen LogP contribution in [0.1, 0.15) is 11.1 Å². The van der Waals surface area contributed by atoms with E-state index in [0.717, 1.165) is 11.1 Å². The Morgan fingerprint density at radius 1 is 1.11 bits per heavy atom. The van der Waals surface area contributed by atoms with Gasteiger partial charge in [0.1, 0.15) is 5.75 Å². The number of nitrogens with one attached hydrogen (secondary N) is 1. The number of amides is 1. The Morgan fingerprint density at radius 2 is 1.89 bits per heavy atom. The maximum Gasteiger partial charge on any atom is 0.244 e. The molecule has 0 radical (unpaired) electrons. The summed E-state index contributed by atoms with van der Waals surface area (Å²) in [5.41, 5.74) is 1.84. The molecule has 19 heavy (non-hydrogen) atoms. The fraction of sp³-hybridized carbons (Fsp3) is 0.0625. The number of phenols is 1. The molecule has 0 aromatic heterocycles. The third-order valence-electron chi connectivity index (χ3n) is 2.60. The zero-order chi connectivity index (χ0) is 13.5. The van der Waals surface area contributed by atoms with Gasteiger partial charge in [-0.05, 0) is 29.3 Å². The predicted molar refractivity (Wildman–Crippen MR) is 75.4 cm³/mol. The highest BCUT2D eigenvalue weighted by atomic mass is 16.3. The van der Waals surface area contributed by atoms with Crippen LogP contribution in [0.5, 0.6) is 5.75 Å². The van der Waals surface area contributed by atoms with Gasteiger partial charge in [-0.25, -0.2) is 0 Å². The van der Waals surface area contributed by atoms with Gasteiger partial charge in [0.05, 0.1) is 0 Å². The monoisotopic (exact) mass is 253 g/mol. The first-order valence-electron chi connectivity index (χ1n) is 6.03. The topological polar surface area (TPSA) is 49.3 Å². The average Bonchev–Trinajstić information content (AvgIpc) is 2.44. The zero-order valence-electron chi connectivity index (χ0n) is 10.4. The molecule has 3 heteroatoms. The van der Waals surface area contributed by atoms with Crippen LogP contribution >= 0.6 is 0 Å². The molecular weight excluding hydrogens is 238 g/mol. The molecule has 0 spiro atoms. The van der Waals surface area contributed by atoms with Gasteiger partial charge in [0.15, 0.2) is 0 Å². The van der Waals surface area contributed by atoms with Crippen LogP contribution in [0, 0.1) is 0 Å². The highest BCUT2D eigenvalue weighted by Gasteiger charge is 1.97. The number of carbonyl (C=O) groups excluding carboxylic acids is 1. The Hall–Kier alpha value is -2.55. The minimum atomic E-state index is -0.160. The van der Waals surface area contributed by atoms with Crippen LogP contribution in [0.25, 0.3) is 6.08 Å². The molecule has 0 saturated heterocycles. The summed E-state index contributed by atoms with van der Waals surface area (Å²) in [4.78, 5) is 11.6. The second-order valence-electron chi connectivity index (χ2n) is 4.13. The molecule has 0 fully saturated rings. The lowest BCUT2D eigenvalue weighted by Gasteiger charge is -2.02. The van der Waals surface area contributed by atoms with Crippen molar-refractivity contribution < 1.29 is 9.90 Å². The molecule has 0 bridgehead atoms. The third-order valence-corrected chi connectivity index (χ3v) is 2.60. The molecule has 0 atom stereocenters. The van der Waals surface area contributed by atoms with Crippen molar-refractivity contribution in [3.8, 4) is 5.75 Å². The van der Waals surface area contributed by atoms with Gasteiger partial charge < -0.3 is 10.4 Å². The fourth-order valence-electron chi connectivity index (χ4n) is 1.65. The SMILES string of the molecule is O=C(/C=C/c1ccccc1)NCc1cccc(O)c1. The van der Waals surface area contributed by atoms with Crippen molar-refractivity contribution in [2.75, 3.05) is 0 Å². The maximum absolute atomic E-state index is 11.6. The number of phenolic OH excluding ortho intramolecular Hbond substituents is 1. The molecule has 0 unspecified atom stereocenters. The van der Waals surface area contributed by atoms with E-state index in [4.69, 9.17) is 0 Å². The summed E-state index contributed by atoms with van der Waals surface area (Å²) in [5, 5.41) is 12.1. The Balaban J connectivity index is 1.87. The van der Waals surface area contributed by atoms with Crippen LogP contribution < -0.4 is 5.32 Å². The first-order valence-corrected chi connectivity index (χ1v) is 6.03. The summed E-state index contributed by atoms with van der Waals surface area (Å²) in [6, 6.07) is 16.4. The van der Waals surface area contributed by atoms with E-state index in [-0.39, 0.29) is 11.7 Å². The lowest BCUT2D eigenvalue weighted by molar-refractivity contribution is -0.116. The summed E-state index contributed by atoms with van der Waals surface area (Å²) in [7, 11) is 0. The first-order chi connectivity index (χ1) is 9.24. The van der Waals surface area contributed by atoms with E-state index in [1.165, 1.54) is 6.08 Å². The van der Waals surface area contributed by atoms with Crippen molar-refractivity contribution in [2.45, 2.75) is 6.54 Å². The molecular formula is C16H15NO2. The number of rotatable bonds is 4. The van der Waals surface area contributed by atoms with Crippen molar-refractivity contribution in [1.82, 2.24) is 5.32 Å². The third kappa shape index (κ3) is 4.32. The molecule has 96 valence electrons. The summed E-state index contributed by atoms with van der Waals surface area (Å²) in [6.07, 6.45) is 3.26. The molecule has 2 aromatic rings. The first kappa shape index (κ1) is 12.9.